The number of hydrogen-bond acceptors (Lipinski definition) is 2. The second-order valence-corrected chi connectivity index (χ2v) is 14.1. The summed E-state index contributed by atoms with van der Waals surface area (Å²) in [6.45, 7) is 12.1. The molecule has 28 heavy (non-hydrogen) atoms. The van der Waals surface area contributed by atoms with Crippen molar-refractivity contribution in [3.63, 3.8) is 0 Å². The molecule has 0 aromatic heterocycles. The molecule has 0 N–H and O–H groups in total. The maximum Gasteiger partial charge on any atom is 0.183 e. The number of allylic oxidation sites excluding steroid dienone is 3. The van der Waals surface area contributed by atoms with Crippen LogP contribution in [0.25, 0.3) is 10.8 Å². The van der Waals surface area contributed by atoms with Gasteiger partial charge < -0.3 is 34.0 Å². The number of halogens is 2. The van der Waals surface area contributed by atoms with Crippen molar-refractivity contribution in [1.29, 1.82) is 0 Å². The van der Waals surface area contributed by atoms with E-state index in [2.05, 4.69) is 82.0 Å². The predicted octanol–water partition coefficient (Wildman–Crippen LogP) is -0.186. The molecular formula is C22H30Cl2O2SiZr-2. The van der Waals surface area contributed by atoms with Crippen LogP contribution in [0.5, 0.6) is 0 Å². The Morgan fingerprint density at radius 1 is 1.11 bits per heavy atom. The Morgan fingerprint density at radius 3 is 2.29 bits per heavy atom. The summed E-state index contributed by atoms with van der Waals surface area (Å²) in [6, 6.07) is 14.7. The Balaban J connectivity index is 0. The number of rotatable bonds is 5. The minimum Gasteiger partial charge on any atom is -1.00 e. The first-order valence-corrected chi connectivity index (χ1v) is 13.6. The molecule has 0 amide bonds. The molecule has 0 unspecified atom stereocenters. The minimum atomic E-state index is -1.36. The minimum absolute atomic E-state index is 0. The third-order valence-corrected chi connectivity index (χ3v) is 4.17. The molecule has 1 aliphatic rings. The van der Waals surface area contributed by atoms with E-state index < -0.39 is 8.32 Å². The molecule has 0 saturated carbocycles. The van der Waals surface area contributed by atoms with Gasteiger partial charge in [0, 0.05) is 0 Å². The smallest absolute Gasteiger partial charge is 0.183 e. The van der Waals surface area contributed by atoms with E-state index in [0.29, 0.717) is 13.2 Å². The van der Waals surface area contributed by atoms with E-state index >= 15 is 0 Å². The summed E-state index contributed by atoms with van der Waals surface area (Å²) in [6.07, 6.45) is 7.84. The summed E-state index contributed by atoms with van der Waals surface area (Å²) in [5, 5.41) is 2.66. The number of ether oxygens (including phenoxy) is 1. The van der Waals surface area contributed by atoms with Crippen LogP contribution in [0.4, 0.5) is 0 Å². The van der Waals surface area contributed by atoms with E-state index in [0.717, 1.165) is 12.2 Å². The van der Waals surface area contributed by atoms with Gasteiger partial charge in [-0.25, -0.2) is 0 Å². The Labute approximate surface area is 199 Å². The SMILES string of the molecule is C[C](C)=[Zr+2].C[Si](C)(C)OCCOC1=CC[C-]=C1.[Cl-].[Cl-].c1ccc2[cH-]ccc2c1. The van der Waals surface area contributed by atoms with Crippen molar-refractivity contribution in [1.82, 2.24) is 0 Å². The summed E-state index contributed by atoms with van der Waals surface area (Å²) in [5.41, 5.74) is 0. The van der Waals surface area contributed by atoms with E-state index in [-0.39, 0.29) is 24.8 Å². The zero-order valence-corrected chi connectivity index (χ0v) is 22.4. The van der Waals surface area contributed by atoms with Crippen molar-refractivity contribution in [2.75, 3.05) is 13.2 Å². The molecule has 6 heteroatoms. The van der Waals surface area contributed by atoms with Gasteiger partial charge in [0.05, 0.1) is 13.2 Å². The van der Waals surface area contributed by atoms with Gasteiger partial charge in [0.25, 0.3) is 0 Å². The largest absolute Gasteiger partial charge is 1.00 e. The Morgan fingerprint density at radius 2 is 1.75 bits per heavy atom. The van der Waals surface area contributed by atoms with Crippen molar-refractivity contribution in [2.45, 2.75) is 39.9 Å². The summed E-state index contributed by atoms with van der Waals surface area (Å²) >= 11 is 1.55. The average molecular weight is 517 g/mol. The third-order valence-electron chi connectivity index (χ3n) is 3.10. The molecule has 0 radical (unpaired) electrons. The molecule has 0 spiro atoms. The van der Waals surface area contributed by atoms with Crippen molar-refractivity contribution >= 4 is 22.3 Å². The monoisotopic (exact) mass is 514 g/mol. The summed E-state index contributed by atoms with van der Waals surface area (Å²) in [4.78, 5) is 0. The zero-order chi connectivity index (χ0) is 19.4. The van der Waals surface area contributed by atoms with Crippen LogP contribution in [0, 0.1) is 6.08 Å². The quantitative estimate of drug-likeness (QED) is 0.312. The van der Waals surface area contributed by atoms with Crippen molar-refractivity contribution in [3.05, 3.63) is 66.5 Å². The summed E-state index contributed by atoms with van der Waals surface area (Å²) in [7, 11) is -1.36. The molecule has 1 aliphatic carbocycles. The van der Waals surface area contributed by atoms with Crippen LogP contribution >= 0.6 is 0 Å². The summed E-state index contributed by atoms with van der Waals surface area (Å²) in [5.74, 6) is 0.930. The standard InChI is InChI=1S/C10H17O2Si.C9H7.C3H6.2ClH.Zr/c1-13(2,3)12-9-8-11-10-6-4-5-7-10;1-2-5-9-7-3-6-8(9)4-1;1-3-2;;;/h6-7H,4,8-9H2,1-3H3;1-7H;1-2H3;2*1H;/q2*-1;;;;+2/p-2. The van der Waals surface area contributed by atoms with E-state index in [1.54, 1.807) is 24.2 Å². The van der Waals surface area contributed by atoms with Gasteiger partial charge in [0.15, 0.2) is 8.32 Å². The van der Waals surface area contributed by atoms with Crippen LogP contribution < -0.4 is 24.8 Å². The molecular weight excluding hydrogens is 486 g/mol. The van der Waals surface area contributed by atoms with Crippen LogP contribution in [0.3, 0.4) is 0 Å². The molecule has 0 aliphatic heterocycles. The number of benzene rings is 1. The molecule has 3 rings (SSSR count). The van der Waals surface area contributed by atoms with E-state index in [9.17, 15) is 0 Å². The first kappa shape index (κ1) is 29.8. The van der Waals surface area contributed by atoms with Crippen molar-refractivity contribution in [2.24, 2.45) is 0 Å². The first-order valence-electron chi connectivity index (χ1n) is 8.93. The molecule has 0 atom stereocenters. The fourth-order valence-electron chi connectivity index (χ4n) is 2.06. The van der Waals surface area contributed by atoms with Crippen molar-refractivity contribution < 1.29 is 58.2 Å². The third kappa shape index (κ3) is 15.5. The second kappa shape index (κ2) is 16.4. The summed E-state index contributed by atoms with van der Waals surface area (Å²) < 4.78 is 12.6. The maximum atomic E-state index is 5.64. The van der Waals surface area contributed by atoms with Gasteiger partial charge in [-0.2, -0.15) is 23.6 Å². The van der Waals surface area contributed by atoms with Crippen LogP contribution in [-0.4, -0.2) is 24.7 Å². The van der Waals surface area contributed by atoms with Gasteiger partial charge in [-0.05, 0) is 25.4 Å². The topological polar surface area (TPSA) is 18.5 Å². The van der Waals surface area contributed by atoms with Gasteiger partial charge >= 0.3 is 41.3 Å². The van der Waals surface area contributed by atoms with Crippen LogP contribution in [0.15, 0.2) is 60.4 Å². The Bertz CT molecular complexity index is 699. The van der Waals surface area contributed by atoms with Gasteiger partial charge in [0.2, 0.25) is 0 Å². The van der Waals surface area contributed by atoms with Gasteiger partial charge in [-0.3, -0.25) is 6.08 Å². The molecule has 154 valence electrons. The van der Waals surface area contributed by atoms with Crippen LogP contribution in [0.1, 0.15) is 20.3 Å². The molecule has 0 heterocycles. The predicted molar refractivity (Wildman–Crippen MR) is 112 cm³/mol. The van der Waals surface area contributed by atoms with Gasteiger partial charge in [-0.15, -0.1) is 42.1 Å². The van der Waals surface area contributed by atoms with E-state index in [1.165, 1.54) is 14.0 Å². The fourth-order valence-corrected chi connectivity index (χ4v) is 2.75. The Kier molecular flexibility index (Phi) is 17.5. The molecule has 0 bridgehead atoms. The number of fused-ring (bicyclic) bond motifs is 1. The molecule has 2 aromatic carbocycles. The maximum absolute atomic E-state index is 5.64. The fraction of sp³-hybridized carbons (Fsp3) is 0.364. The van der Waals surface area contributed by atoms with Gasteiger partial charge in [0.1, 0.15) is 0 Å². The van der Waals surface area contributed by atoms with Gasteiger partial charge in [-0.1, -0.05) is 6.07 Å². The molecule has 0 saturated heterocycles. The molecule has 2 nitrogen and oxygen atoms in total. The number of hydrogen-bond donors (Lipinski definition) is 0. The molecule has 0 fully saturated rings. The van der Waals surface area contributed by atoms with Crippen molar-refractivity contribution in [3.8, 4) is 0 Å². The van der Waals surface area contributed by atoms with Crippen LogP contribution in [0.2, 0.25) is 19.6 Å². The van der Waals surface area contributed by atoms with E-state index in [4.69, 9.17) is 9.16 Å². The normalized spacial score (nSPS) is 11.8. The Hall–Kier alpha value is -0.380. The first-order chi connectivity index (χ1) is 12.3. The van der Waals surface area contributed by atoms with E-state index in [1.807, 2.05) is 12.2 Å². The second-order valence-electron chi connectivity index (χ2n) is 7.12. The zero-order valence-electron chi connectivity index (χ0n) is 17.4. The average Bonchev–Trinajstić information content (AvgIpc) is 3.22. The molecule has 2 aromatic rings. The van der Waals surface area contributed by atoms with Crippen LogP contribution in [-0.2, 0) is 33.4 Å².